The lowest BCUT2D eigenvalue weighted by Gasteiger charge is -2.35. The Morgan fingerprint density at radius 3 is 2.90 bits per heavy atom. The molecule has 0 aliphatic carbocycles. The molecule has 1 aliphatic rings. The average Bonchev–Trinajstić information content (AvgIpc) is 2.38. The van der Waals surface area contributed by atoms with Gasteiger partial charge in [0.1, 0.15) is 17.5 Å². The lowest BCUT2D eigenvalue weighted by Crippen LogP contribution is -2.38. The maximum absolute atomic E-state index is 6.11. The molecule has 0 radical (unpaired) electrons. The van der Waals surface area contributed by atoms with Crippen LogP contribution in [0.2, 0.25) is 5.02 Å². The summed E-state index contributed by atoms with van der Waals surface area (Å²) in [6.07, 6.45) is 0.142. The van der Waals surface area contributed by atoms with Crippen molar-refractivity contribution in [3.8, 4) is 5.75 Å². The van der Waals surface area contributed by atoms with Gasteiger partial charge in [-0.3, -0.25) is 0 Å². The maximum atomic E-state index is 6.11. The van der Waals surface area contributed by atoms with Crippen molar-refractivity contribution in [1.82, 2.24) is 0 Å². The third kappa shape index (κ3) is 2.54. The summed E-state index contributed by atoms with van der Waals surface area (Å²) in [6, 6.07) is 13.7. The van der Waals surface area contributed by atoms with E-state index in [1.54, 1.807) is 0 Å². The van der Waals surface area contributed by atoms with Crippen LogP contribution < -0.4 is 15.4 Å². The first-order valence-corrected chi connectivity index (χ1v) is 7.06. The monoisotopic (exact) mass is 288 g/mol. The first kappa shape index (κ1) is 13.1. The Morgan fingerprint density at radius 1 is 1.30 bits per heavy atom. The minimum atomic E-state index is 0.142. The average molecular weight is 289 g/mol. The van der Waals surface area contributed by atoms with Crippen LogP contribution in [0.15, 0.2) is 42.5 Å². The largest absolute Gasteiger partial charge is 0.487 e. The van der Waals surface area contributed by atoms with Crippen LogP contribution in [0.3, 0.4) is 0 Å². The van der Waals surface area contributed by atoms with E-state index in [1.807, 2.05) is 36.4 Å². The third-order valence-electron chi connectivity index (χ3n) is 3.41. The zero-order valence-electron chi connectivity index (χ0n) is 11.3. The van der Waals surface area contributed by atoms with Crippen molar-refractivity contribution in [2.24, 2.45) is 0 Å². The third-order valence-corrected chi connectivity index (χ3v) is 3.65. The van der Waals surface area contributed by atoms with Gasteiger partial charge in [-0.2, -0.15) is 0 Å². The van der Waals surface area contributed by atoms with Gasteiger partial charge in [-0.25, -0.2) is 0 Å². The van der Waals surface area contributed by atoms with Gasteiger partial charge in [0.15, 0.2) is 0 Å². The van der Waals surface area contributed by atoms with Crippen LogP contribution in [0.4, 0.5) is 11.4 Å². The van der Waals surface area contributed by atoms with E-state index in [1.165, 1.54) is 5.56 Å². The summed E-state index contributed by atoms with van der Waals surface area (Å²) in [4.78, 5) is 2.25. The highest BCUT2D eigenvalue weighted by Crippen LogP contribution is 2.39. The van der Waals surface area contributed by atoms with Crippen molar-refractivity contribution in [2.45, 2.75) is 19.6 Å². The second-order valence-electron chi connectivity index (χ2n) is 5.13. The van der Waals surface area contributed by atoms with E-state index in [0.717, 1.165) is 35.2 Å². The van der Waals surface area contributed by atoms with Crippen LogP contribution in [0.5, 0.6) is 5.75 Å². The number of nitrogens with two attached hydrogens (primary N) is 1. The Balaban J connectivity index is 1.94. The van der Waals surface area contributed by atoms with Crippen LogP contribution in [-0.4, -0.2) is 12.6 Å². The van der Waals surface area contributed by atoms with Crippen LogP contribution >= 0.6 is 11.6 Å². The smallest absolute Gasteiger partial charge is 0.145 e. The molecular weight excluding hydrogens is 272 g/mol. The number of benzene rings is 2. The summed E-state index contributed by atoms with van der Waals surface area (Å²) in [5, 5.41) is 0.755. The van der Waals surface area contributed by atoms with Crippen molar-refractivity contribution >= 4 is 23.0 Å². The number of fused-ring (bicyclic) bond motifs is 1. The molecule has 3 nitrogen and oxygen atoms in total. The van der Waals surface area contributed by atoms with Gasteiger partial charge >= 0.3 is 0 Å². The zero-order chi connectivity index (χ0) is 14.1. The number of para-hydroxylation sites is 1. The fourth-order valence-electron chi connectivity index (χ4n) is 2.63. The Bertz CT molecular complexity index is 630. The zero-order valence-corrected chi connectivity index (χ0v) is 12.1. The summed E-state index contributed by atoms with van der Waals surface area (Å²) in [7, 11) is 0. The molecule has 0 aromatic heterocycles. The second kappa shape index (κ2) is 5.25. The molecule has 1 heterocycles. The number of rotatable bonds is 2. The van der Waals surface area contributed by atoms with Crippen molar-refractivity contribution in [3.63, 3.8) is 0 Å². The summed E-state index contributed by atoms with van der Waals surface area (Å²) in [5.74, 6) is 0.853. The number of nitrogens with zero attached hydrogens (tertiary/aromatic N) is 1. The first-order chi connectivity index (χ1) is 9.63. The molecule has 4 heteroatoms. The molecule has 1 atom stereocenters. The SMILES string of the molecule is CC1CN(Cc2cccc(Cl)c2)c2c(N)cccc2O1. The van der Waals surface area contributed by atoms with Crippen LogP contribution in [0.25, 0.3) is 0 Å². The molecule has 104 valence electrons. The molecule has 0 fully saturated rings. The van der Waals surface area contributed by atoms with E-state index in [4.69, 9.17) is 22.1 Å². The number of hydrogen-bond acceptors (Lipinski definition) is 3. The number of hydrogen-bond donors (Lipinski definition) is 1. The number of ether oxygens (including phenoxy) is 1. The van der Waals surface area contributed by atoms with Crippen molar-refractivity contribution in [2.75, 3.05) is 17.2 Å². The molecular formula is C16H17ClN2O. The summed E-state index contributed by atoms with van der Waals surface area (Å²) in [5.41, 5.74) is 9.00. The topological polar surface area (TPSA) is 38.5 Å². The van der Waals surface area contributed by atoms with Crippen molar-refractivity contribution in [1.29, 1.82) is 0 Å². The molecule has 0 saturated heterocycles. The predicted octanol–water partition coefficient (Wildman–Crippen LogP) is 3.71. The van der Waals surface area contributed by atoms with E-state index in [0.29, 0.717) is 0 Å². The molecule has 2 N–H and O–H groups in total. The number of halogens is 1. The summed E-state index contributed by atoms with van der Waals surface area (Å²) < 4.78 is 5.86. The lowest BCUT2D eigenvalue weighted by atomic mass is 10.1. The number of anilines is 2. The van der Waals surface area contributed by atoms with Crippen LogP contribution in [-0.2, 0) is 6.54 Å². The summed E-state index contributed by atoms with van der Waals surface area (Å²) in [6.45, 7) is 3.65. The molecule has 2 aromatic rings. The van der Waals surface area contributed by atoms with Gasteiger partial charge in [0.2, 0.25) is 0 Å². The minimum Gasteiger partial charge on any atom is -0.487 e. The minimum absolute atomic E-state index is 0.142. The van der Waals surface area contributed by atoms with Gasteiger partial charge in [-0.1, -0.05) is 29.8 Å². The van der Waals surface area contributed by atoms with Gasteiger partial charge < -0.3 is 15.4 Å². The molecule has 1 unspecified atom stereocenters. The molecule has 20 heavy (non-hydrogen) atoms. The fraction of sp³-hybridized carbons (Fsp3) is 0.250. The first-order valence-electron chi connectivity index (χ1n) is 6.68. The van der Waals surface area contributed by atoms with Crippen LogP contribution in [0.1, 0.15) is 12.5 Å². The van der Waals surface area contributed by atoms with Gasteiger partial charge in [-0.05, 0) is 36.8 Å². The predicted molar refractivity (Wildman–Crippen MR) is 83.4 cm³/mol. The quantitative estimate of drug-likeness (QED) is 0.856. The molecule has 1 aliphatic heterocycles. The molecule has 3 rings (SSSR count). The Hall–Kier alpha value is -1.87. The lowest BCUT2D eigenvalue weighted by molar-refractivity contribution is 0.212. The van der Waals surface area contributed by atoms with Gasteiger partial charge in [0.05, 0.1) is 12.2 Å². The molecule has 0 spiro atoms. The van der Waals surface area contributed by atoms with Crippen molar-refractivity contribution < 1.29 is 4.74 Å². The normalized spacial score (nSPS) is 17.5. The molecule has 0 amide bonds. The molecule has 0 saturated carbocycles. The van der Waals surface area contributed by atoms with Gasteiger partial charge in [-0.15, -0.1) is 0 Å². The van der Waals surface area contributed by atoms with E-state index >= 15 is 0 Å². The summed E-state index contributed by atoms with van der Waals surface area (Å²) >= 11 is 6.05. The van der Waals surface area contributed by atoms with Crippen molar-refractivity contribution in [3.05, 3.63) is 53.1 Å². The highest BCUT2D eigenvalue weighted by atomic mass is 35.5. The highest BCUT2D eigenvalue weighted by Gasteiger charge is 2.24. The molecule has 2 aromatic carbocycles. The fourth-order valence-corrected chi connectivity index (χ4v) is 2.84. The Kier molecular flexibility index (Phi) is 3.45. The number of nitrogen functional groups attached to an aromatic ring is 1. The van der Waals surface area contributed by atoms with E-state index < -0.39 is 0 Å². The Labute approximate surface area is 123 Å². The Morgan fingerprint density at radius 2 is 2.10 bits per heavy atom. The van der Waals surface area contributed by atoms with E-state index in [-0.39, 0.29) is 6.10 Å². The second-order valence-corrected chi connectivity index (χ2v) is 5.57. The highest BCUT2D eigenvalue weighted by molar-refractivity contribution is 6.30. The van der Waals surface area contributed by atoms with E-state index in [2.05, 4.69) is 17.9 Å². The van der Waals surface area contributed by atoms with Gasteiger partial charge in [0, 0.05) is 11.6 Å². The van der Waals surface area contributed by atoms with Gasteiger partial charge in [0.25, 0.3) is 0 Å². The standard InChI is InChI=1S/C16H17ClN2O/c1-11-9-19(10-12-4-2-5-13(17)8-12)16-14(18)6-3-7-15(16)20-11/h2-8,11H,9-10,18H2,1H3. The maximum Gasteiger partial charge on any atom is 0.145 e. The molecule has 0 bridgehead atoms. The van der Waals surface area contributed by atoms with Crippen LogP contribution in [0, 0.1) is 0 Å². The van der Waals surface area contributed by atoms with E-state index in [9.17, 15) is 0 Å².